The molecule has 0 radical (unpaired) electrons. The zero-order valence-electron chi connectivity index (χ0n) is 14.4. The first-order valence-electron chi connectivity index (χ1n) is 8.29. The predicted molar refractivity (Wildman–Crippen MR) is 105 cm³/mol. The molecule has 0 spiro atoms. The second-order valence-corrected chi connectivity index (χ2v) is 7.73. The average molecular weight is 426 g/mol. The Morgan fingerprint density at radius 2 is 2.00 bits per heavy atom. The smallest absolute Gasteiger partial charge is 0.282 e. The van der Waals surface area contributed by atoms with Crippen LogP contribution in [0.5, 0.6) is 0 Å². The van der Waals surface area contributed by atoms with E-state index in [9.17, 15) is 4.79 Å². The standard InChI is InChI=1S/C18H22BrClN4O/c1-23-10-14(13-5-3-12(8-20)4-6-13)7-15(11-23)22-16-9-21-24(2)18(25)17(16)19/h3-6,9,14-15,22H,7-8,10-11H2,1-2H3/t14-,15?/m0/s1. The molecule has 1 unspecified atom stereocenters. The quantitative estimate of drug-likeness (QED) is 0.765. The van der Waals surface area contributed by atoms with Gasteiger partial charge in [0, 0.05) is 32.1 Å². The van der Waals surface area contributed by atoms with Gasteiger partial charge in [0.15, 0.2) is 0 Å². The Kier molecular flexibility index (Phi) is 5.81. The Bertz CT molecular complexity index is 793. The van der Waals surface area contributed by atoms with Gasteiger partial charge in [0.2, 0.25) is 0 Å². The number of benzene rings is 1. The number of nitrogens with zero attached hydrogens (tertiary/aromatic N) is 3. The van der Waals surface area contributed by atoms with E-state index < -0.39 is 0 Å². The minimum atomic E-state index is -0.137. The third-order valence-electron chi connectivity index (χ3n) is 4.68. The third kappa shape index (κ3) is 4.25. The fraction of sp³-hybridized carbons (Fsp3) is 0.444. The van der Waals surface area contributed by atoms with Gasteiger partial charge in [-0.05, 0) is 46.4 Å². The van der Waals surface area contributed by atoms with E-state index >= 15 is 0 Å². The summed E-state index contributed by atoms with van der Waals surface area (Å²) >= 11 is 9.27. The molecule has 1 aliphatic rings. The van der Waals surface area contributed by atoms with Crippen LogP contribution in [0.15, 0.2) is 39.7 Å². The molecule has 1 saturated heterocycles. The SMILES string of the molecule is CN1CC(Nc2cnn(C)c(=O)c2Br)C[C@H](c2ccc(CCl)cc2)C1. The van der Waals surface area contributed by atoms with Crippen LogP contribution in [-0.2, 0) is 12.9 Å². The maximum atomic E-state index is 12.0. The molecule has 2 atom stereocenters. The largest absolute Gasteiger partial charge is 0.379 e. The Balaban J connectivity index is 1.76. The van der Waals surface area contributed by atoms with Gasteiger partial charge in [-0.1, -0.05) is 24.3 Å². The summed E-state index contributed by atoms with van der Waals surface area (Å²) in [6.45, 7) is 1.95. The molecule has 0 saturated carbocycles. The summed E-state index contributed by atoms with van der Waals surface area (Å²) in [5.41, 5.74) is 3.08. The molecule has 1 aliphatic heterocycles. The number of hydrogen-bond donors (Lipinski definition) is 1. The monoisotopic (exact) mass is 424 g/mol. The Morgan fingerprint density at radius 3 is 2.68 bits per heavy atom. The maximum absolute atomic E-state index is 12.0. The number of likely N-dealkylation sites (N-methyl/N-ethyl adjacent to an activating group) is 1. The summed E-state index contributed by atoms with van der Waals surface area (Å²) in [6, 6.07) is 8.80. The van der Waals surface area contributed by atoms with E-state index in [1.165, 1.54) is 10.2 Å². The van der Waals surface area contributed by atoms with Crippen LogP contribution in [-0.4, -0.2) is 40.9 Å². The molecule has 3 rings (SSSR count). The van der Waals surface area contributed by atoms with E-state index in [-0.39, 0.29) is 11.6 Å². The van der Waals surface area contributed by atoms with E-state index in [1.807, 2.05) is 0 Å². The van der Waals surface area contributed by atoms with Crippen LogP contribution in [0.2, 0.25) is 0 Å². The Labute approximate surface area is 161 Å². The van der Waals surface area contributed by atoms with Crippen LogP contribution < -0.4 is 10.9 Å². The number of anilines is 1. The molecule has 25 heavy (non-hydrogen) atoms. The zero-order chi connectivity index (χ0) is 18.0. The zero-order valence-corrected chi connectivity index (χ0v) is 16.7. The molecule has 0 bridgehead atoms. The molecule has 0 aliphatic carbocycles. The van der Waals surface area contributed by atoms with Crippen molar-refractivity contribution < 1.29 is 0 Å². The first-order valence-corrected chi connectivity index (χ1v) is 9.62. The van der Waals surface area contributed by atoms with Gasteiger partial charge in [-0.15, -0.1) is 11.6 Å². The van der Waals surface area contributed by atoms with Crippen LogP contribution in [0.1, 0.15) is 23.5 Å². The maximum Gasteiger partial charge on any atom is 0.282 e. The van der Waals surface area contributed by atoms with Crippen LogP contribution >= 0.6 is 27.5 Å². The summed E-state index contributed by atoms with van der Waals surface area (Å²) < 4.78 is 1.85. The van der Waals surface area contributed by atoms with E-state index in [0.717, 1.165) is 30.8 Å². The molecular formula is C18H22BrClN4O. The van der Waals surface area contributed by atoms with E-state index in [0.29, 0.717) is 16.3 Å². The molecule has 0 amide bonds. The van der Waals surface area contributed by atoms with Gasteiger partial charge < -0.3 is 10.2 Å². The first-order chi connectivity index (χ1) is 12.0. The highest BCUT2D eigenvalue weighted by molar-refractivity contribution is 9.10. The number of halogens is 2. The number of aromatic nitrogens is 2. The van der Waals surface area contributed by atoms with Crippen molar-refractivity contribution in [2.24, 2.45) is 7.05 Å². The van der Waals surface area contributed by atoms with Gasteiger partial charge in [0.1, 0.15) is 4.47 Å². The highest BCUT2D eigenvalue weighted by Crippen LogP contribution is 2.29. The fourth-order valence-corrected chi connectivity index (χ4v) is 4.03. The summed E-state index contributed by atoms with van der Waals surface area (Å²) in [5.74, 6) is 0.984. The van der Waals surface area contributed by atoms with Gasteiger partial charge in [-0.2, -0.15) is 5.10 Å². The summed E-state index contributed by atoms with van der Waals surface area (Å²) in [5, 5.41) is 7.59. The van der Waals surface area contributed by atoms with Crippen LogP contribution in [0, 0.1) is 0 Å². The van der Waals surface area contributed by atoms with Gasteiger partial charge in [0.25, 0.3) is 5.56 Å². The van der Waals surface area contributed by atoms with E-state index in [1.54, 1.807) is 13.2 Å². The molecular weight excluding hydrogens is 404 g/mol. The molecule has 1 N–H and O–H groups in total. The highest BCUT2D eigenvalue weighted by Gasteiger charge is 2.27. The Hall–Kier alpha value is -1.37. The lowest BCUT2D eigenvalue weighted by molar-refractivity contribution is 0.235. The number of nitrogens with one attached hydrogen (secondary N) is 1. The van der Waals surface area contributed by atoms with Crippen molar-refractivity contribution in [1.82, 2.24) is 14.7 Å². The predicted octanol–water partition coefficient (Wildman–Crippen LogP) is 3.18. The fourth-order valence-electron chi connectivity index (χ4n) is 3.38. The molecule has 1 aromatic carbocycles. The number of rotatable bonds is 4. The average Bonchev–Trinajstić information content (AvgIpc) is 2.62. The number of alkyl halides is 1. The number of piperidine rings is 1. The minimum absolute atomic E-state index is 0.137. The highest BCUT2D eigenvalue weighted by atomic mass is 79.9. The van der Waals surface area contributed by atoms with E-state index in [4.69, 9.17) is 11.6 Å². The van der Waals surface area contributed by atoms with Crippen LogP contribution in [0.3, 0.4) is 0 Å². The molecule has 134 valence electrons. The van der Waals surface area contributed by atoms with Gasteiger partial charge >= 0.3 is 0 Å². The van der Waals surface area contributed by atoms with Gasteiger partial charge in [-0.25, -0.2) is 4.68 Å². The topological polar surface area (TPSA) is 50.2 Å². The van der Waals surface area contributed by atoms with Crippen LogP contribution in [0.25, 0.3) is 0 Å². The second-order valence-electron chi connectivity index (χ2n) is 6.67. The van der Waals surface area contributed by atoms with Crippen molar-refractivity contribution in [2.75, 3.05) is 25.5 Å². The summed E-state index contributed by atoms with van der Waals surface area (Å²) in [7, 11) is 3.77. The number of hydrogen-bond acceptors (Lipinski definition) is 4. The van der Waals surface area contributed by atoms with Gasteiger partial charge in [0.05, 0.1) is 11.9 Å². The molecule has 1 fully saturated rings. The Morgan fingerprint density at radius 1 is 1.28 bits per heavy atom. The van der Waals surface area contributed by atoms with Crippen molar-refractivity contribution in [1.29, 1.82) is 0 Å². The second kappa shape index (κ2) is 7.89. The molecule has 2 heterocycles. The number of aryl methyl sites for hydroxylation is 1. The van der Waals surface area contributed by atoms with Gasteiger partial charge in [-0.3, -0.25) is 4.79 Å². The van der Waals surface area contributed by atoms with Crippen molar-refractivity contribution in [3.8, 4) is 0 Å². The van der Waals surface area contributed by atoms with Crippen molar-refractivity contribution >= 4 is 33.2 Å². The minimum Gasteiger partial charge on any atom is -0.379 e. The van der Waals surface area contributed by atoms with Crippen LogP contribution in [0.4, 0.5) is 5.69 Å². The van der Waals surface area contributed by atoms with Crippen molar-refractivity contribution in [3.05, 3.63) is 56.4 Å². The van der Waals surface area contributed by atoms with E-state index in [2.05, 4.69) is 62.6 Å². The molecule has 2 aromatic rings. The molecule has 1 aromatic heterocycles. The third-order valence-corrected chi connectivity index (χ3v) is 5.75. The van der Waals surface area contributed by atoms with Crippen molar-refractivity contribution in [3.63, 3.8) is 0 Å². The number of likely N-dealkylation sites (tertiary alicyclic amines) is 1. The lowest BCUT2D eigenvalue weighted by atomic mass is 9.88. The molecule has 7 heteroatoms. The normalized spacial score (nSPS) is 21.3. The summed E-state index contributed by atoms with van der Waals surface area (Å²) in [6.07, 6.45) is 2.70. The first kappa shape index (κ1) is 18.4. The lowest BCUT2D eigenvalue weighted by Gasteiger charge is -2.37. The van der Waals surface area contributed by atoms with Crippen molar-refractivity contribution in [2.45, 2.75) is 24.3 Å². The summed E-state index contributed by atoms with van der Waals surface area (Å²) in [4.78, 5) is 14.4. The molecule has 5 nitrogen and oxygen atoms in total. The lowest BCUT2D eigenvalue weighted by Crippen LogP contribution is -2.43.